The molecule has 9 heteroatoms. The van der Waals surface area contributed by atoms with Crippen LogP contribution in [-0.2, 0) is 22.6 Å². The van der Waals surface area contributed by atoms with Crippen molar-refractivity contribution >= 4 is 11.8 Å². The number of rotatable bonds is 9. The first-order valence-electron chi connectivity index (χ1n) is 12.2. The van der Waals surface area contributed by atoms with E-state index in [1.165, 1.54) is 32.4 Å². The van der Waals surface area contributed by atoms with Gasteiger partial charge in [-0.1, -0.05) is 31.4 Å². The second kappa shape index (κ2) is 12.4. The smallest absolute Gasteiger partial charge is 0.303 e. The highest BCUT2D eigenvalue weighted by molar-refractivity contribution is 5.67. The summed E-state index contributed by atoms with van der Waals surface area (Å²) >= 11 is 0. The van der Waals surface area contributed by atoms with Gasteiger partial charge in [-0.05, 0) is 36.2 Å². The average molecular weight is 498 g/mol. The summed E-state index contributed by atoms with van der Waals surface area (Å²) in [5.74, 6) is 0.657. The zero-order valence-electron chi connectivity index (χ0n) is 20.5. The molecule has 1 saturated carbocycles. The van der Waals surface area contributed by atoms with Crippen molar-refractivity contribution in [3.63, 3.8) is 0 Å². The van der Waals surface area contributed by atoms with Crippen molar-refractivity contribution in [2.45, 2.75) is 38.7 Å². The lowest BCUT2D eigenvalue weighted by Gasteiger charge is -2.30. The Morgan fingerprint density at radius 1 is 1.11 bits per heavy atom. The molecule has 2 aliphatic rings. The molecule has 0 unspecified atom stereocenters. The number of nitrogens with zero attached hydrogens (tertiary/aromatic N) is 3. The van der Waals surface area contributed by atoms with Crippen LogP contribution in [0.2, 0.25) is 0 Å². The Balaban J connectivity index is 0.000000943. The Morgan fingerprint density at radius 3 is 2.58 bits per heavy atom. The number of anilines is 1. The van der Waals surface area contributed by atoms with Crippen molar-refractivity contribution in [3.8, 4) is 17.2 Å². The number of methoxy groups -OCH3 is 1. The van der Waals surface area contributed by atoms with Crippen molar-refractivity contribution in [1.29, 1.82) is 0 Å². The Labute approximate surface area is 210 Å². The first-order valence-corrected chi connectivity index (χ1v) is 12.2. The second-order valence-electron chi connectivity index (χ2n) is 8.71. The van der Waals surface area contributed by atoms with Gasteiger partial charge in [-0.25, -0.2) is 9.07 Å². The highest BCUT2D eigenvalue weighted by Crippen LogP contribution is 2.30. The van der Waals surface area contributed by atoms with Crippen molar-refractivity contribution in [3.05, 3.63) is 65.6 Å². The molecule has 2 aromatic carbocycles. The first kappa shape index (κ1) is 25.5. The topological polar surface area (TPSA) is 86.0 Å². The summed E-state index contributed by atoms with van der Waals surface area (Å²) in [6.45, 7) is 2.65. The molecule has 1 N–H and O–H groups in total. The fourth-order valence-electron chi connectivity index (χ4n) is 3.75. The van der Waals surface area contributed by atoms with Gasteiger partial charge in [0, 0.05) is 25.6 Å². The van der Waals surface area contributed by atoms with E-state index in [2.05, 4.69) is 10.00 Å². The van der Waals surface area contributed by atoms with Crippen LogP contribution in [0.5, 0.6) is 11.5 Å². The van der Waals surface area contributed by atoms with Gasteiger partial charge in [0.2, 0.25) is 0 Å². The van der Waals surface area contributed by atoms with E-state index < -0.39 is 11.8 Å². The van der Waals surface area contributed by atoms with Crippen molar-refractivity contribution in [2.24, 2.45) is 0 Å². The minimum absolute atomic E-state index is 0.0590. The molecule has 1 saturated heterocycles. The number of halogens is 1. The molecule has 8 nitrogen and oxygen atoms in total. The molecule has 0 spiro atoms. The number of benzene rings is 2. The van der Waals surface area contributed by atoms with E-state index in [9.17, 15) is 9.18 Å². The minimum atomic E-state index is -0.839. The molecule has 1 aromatic heterocycles. The van der Waals surface area contributed by atoms with E-state index in [1.54, 1.807) is 23.0 Å². The van der Waals surface area contributed by atoms with Gasteiger partial charge >= 0.3 is 5.97 Å². The van der Waals surface area contributed by atoms with Crippen LogP contribution >= 0.6 is 0 Å². The zero-order chi connectivity index (χ0) is 25.3. The van der Waals surface area contributed by atoms with E-state index in [4.69, 9.17) is 19.3 Å². The van der Waals surface area contributed by atoms with E-state index in [1.807, 2.05) is 24.3 Å². The number of aromatic nitrogens is 2. The van der Waals surface area contributed by atoms with E-state index in [0.29, 0.717) is 44.2 Å². The molecular formula is C27H32FN3O5. The van der Waals surface area contributed by atoms with E-state index >= 15 is 0 Å². The number of carbonyl (C=O) groups is 1. The largest absolute Gasteiger partial charge is 0.497 e. The molecule has 0 bridgehead atoms. The van der Waals surface area contributed by atoms with Crippen LogP contribution in [0.25, 0.3) is 5.69 Å². The van der Waals surface area contributed by atoms with Gasteiger partial charge in [-0.2, -0.15) is 5.10 Å². The van der Waals surface area contributed by atoms with Crippen molar-refractivity contribution in [2.75, 3.05) is 38.3 Å². The van der Waals surface area contributed by atoms with Crippen LogP contribution in [0.4, 0.5) is 10.2 Å². The second-order valence-corrected chi connectivity index (χ2v) is 8.71. The summed E-state index contributed by atoms with van der Waals surface area (Å²) in [7, 11) is 1.53. The molecule has 1 aliphatic carbocycles. The summed E-state index contributed by atoms with van der Waals surface area (Å²) in [4.78, 5) is 13.0. The number of aliphatic carboxylic acids is 1. The number of hydrogen-bond acceptors (Lipinski definition) is 6. The molecule has 0 amide bonds. The first-order chi connectivity index (χ1) is 17.5. The molecule has 3 aromatic rings. The van der Waals surface area contributed by atoms with Crippen molar-refractivity contribution < 1.29 is 28.5 Å². The number of ether oxygens (including phenoxy) is 3. The number of carboxylic acids is 1. The van der Waals surface area contributed by atoms with Gasteiger partial charge < -0.3 is 24.2 Å². The average Bonchev–Trinajstić information content (AvgIpc) is 3.73. The standard InChI is InChI=1S/C24H26FN3O5.C3H6/c1-31-19-6-7-21(25)22(14-19)28-24(27-9-11-32-12-10-27)18(15-26-28)16-33-20-4-2-3-17(13-20)5-8-23(29)30;1-2-3-1/h2-4,6-7,13-15H,5,8-12,16H2,1H3,(H,29,30);1-3H2. The van der Waals surface area contributed by atoms with Gasteiger partial charge in [0.15, 0.2) is 0 Å². The molecule has 2 heterocycles. The Hall–Kier alpha value is -3.59. The quantitative estimate of drug-likeness (QED) is 0.462. The maximum atomic E-state index is 14.7. The number of carboxylic acid groups (broad SMARTS) is 1. The molecule has 0 radical (unpaired) electrons. The third-order valence-corrected chi connectivity index (χ3v) is 5.78. The maximum absolute atomic E-state index is 14.7. The summed E-state index contributed by atoms with van der Waals surface area (Å²) < 4.78 is 33.1. The van der Waals surface area contributed by atoms with E-state index in [0.717, 1.165) is 16.9 Å². The van der Waals surface area contributed by atoms with Gasteiger partial charge in [0.1, 0.15) is 35.4 Å². The molecule has 192 valence electrons. The molecular weight excluding hydrogens is 465 g/mol. The van der Waals surface area contributed by atoms with Crippen LogP contribution in [0.15, 0.2) is 48.7 Å². The highest BCUT2D eigenvalue weighted by Gasteiger charge is 2.23. The number of aryl methyl sites for hydroxylation is 1. The minimum Gasteiger partial charge on any atom is -0.497 e. The van der Waals surface area contributed by atoms with Crippen LogP contribution in [-0.4, -0.2) is 54.3 Å². The lowest BCUT2D eigenvalue weighted by Crippen LogP contribution is -2.38. The Kier molecular flexibility index (Phi) is 8.78. The fourth-order valence-corrected chi connectivity index (χ4v) is 3.75. The SMILES string of the molecule is C1CC1.COc1ccc(F)c(-n2ncc(COc3cccc(CCC(=O)O)c3)c2N2CCOCC2)c1. The highest BCUT2D eigenvalue weighted by atomic mass is 19.1. The van der Waals surface area contributed by atoms with Gasteiger partial charge in [-0.3, -0.25) is 4.79 Å². The van der Waals surface area contributed by atoms with Gasteiger partial charge in [-0.15, -0.1) is 0 Å². The molecule has 0 atom stereocenters. The van der Waals surface area contributed by atoms with Crippen LogP contribution in [0.3, 0.4) is 0 Å². The fraction of sp³-hybridized carbons (Fsp3) is 0.407. The lowest BCUT2D eigenvalue weighted by atomic mass is 10.1. The molecule has 36 heavy (non-hydrogen) atoms. The van der Waals surface area contributed by atoms with E-state index in [-0.39, 0.29) is 18.7 Å². The Morgan fingerprint density at radius 2 is 1.89 bits per heavy atom. The lowest BCUT2D eigenvalue weighted by molar-refractivity contribution is -0.136. The number of hydrogen-bond donors (Lipinski definition) is 1. The molecule has 1 aliphatic heterocycles. The normalized spacial score (nSPS) is 14.6. The molecule has 2 fully saturated rings. The third kappa shape index (κ3) is 6.97. The third-order valence-electron chi connectivity index (χ3n) is 5.78. The predicted molar refractivity (Wildman–Crippen MR) is 134 cm³/mol. The zero-order valence-corrected chi connectivity index (χ0v) is 20.5. The maximum Gasteiger partial charge on any atom is 0.303 e. The summed E-state index contributed by atoms with van der Waals surface area (Å²) in [6, 6.07) is 11.9. The monoisotopic (exact) mass is 497 g/mol. The van der Waals surface area contributed by atoms with Gasteiger partial charge in [0.05, 0.1) is 32.1 Å². The Bertz CT molecular complexity index is 1160. The summed E-state index contributed by atoms with van der Waals surface area (Å²) in [5.41, 5.74) is 1.98. The summed E-state index contributed by atoms with van der Waals surface area (Å²) in [5, 5.41) is 13.4. The van der Waals surface area contributed by atoms with Gasteiger partial charge in [0.25, 0.3) is 0 Å². The van der Waals surface area contributed by atoms with Crippen molar-refractivity contribution in [1.82, 2.24) is 9.78 Å². The van der Waals surface area contributed by atoms with Crippen LogP contribution in [0, 0.1) is 5.82 Å². The van der Waals surface area contributed by atoms with Crippen LogP contribution < -0.4 is 14.4 Å². The predicted octanol–water partition coefficient (Wildman–Crippen LogP) is 4.62. The summed E-state index contributed by atoms with van der Waals surface area (Å²) in [6.07, 6.45) is 6.67. The molecule has 5 rings (SSSR count). The van der Waals surface area contributed by atoms with Crippen LogP contribution in [0.1, 0.15) is 36.8 Å². The number of morpholine rings is 1.